The summed E-state index contributed by atoms with van der Waals surface area (Å²) in [5.74, 6) is 0.504. The van der Waals surface area contributed by atoms with E-state index < -0.39 is 9.84 Å². The van der Waals surface area contributed by atoms with Crippen LogP contribution < -0.4 is 4.90 Å². The van der Waals surface area contributed by atoms with Crippen molar-refractivity contribution in [1.29, 1.82) is 0 Å². The topological polar surface area (TPSA) is 50.3 Å². The second kappa shape index (κ2) is 3.96. The quantitative estimate of drug-likeness (QED) is 0.787. The third-order valence-electron chi connectivity index (χ3n) is 3.01. The van der Waals surface area contributed by atoms with Crippen LogP contribution in [0.3, 0.4) is 0 Å². The third kappa shape index (κ3) is 2.02. The minimum Gasteiger partial charge on any atom is -0.368 e. The molecule has 0 radical (unpaired) electrons. The Morgan fingerprint density at radius 2 is 2.00 bits per heavy atom. The zero-order valence-corrected chi connectivity index (χ0v) is 10.8. The van der Waals surface area contributed by atoms with Crippen LogP contribution in [0.2, 0.25) is 0 Å². The van der Waals surface area contributed by atoms with Crippen molar-refractivity contribution < 1.29 is 8.42 Å². The predicted molar refractivity (Wildman–Crippen MR) is 70.5 cm³/mol. The fraction of sp³-hybridized carbons (Fsp3) is 0.364. The van der Waals surface area contributed by atoms with E-state index in [1.807, 2.05) is 17.5 Å². The Morgan fingerprint density at radius 1 is 1.24 bits per heavy atom. The molecule has 1 fully saturated rings. The molecule has 1 saturated heterocycles. The number of aromatic nitrogens is 1. The zero-order chi connectivity index (χ0) is 11.9. The van der Waals surface area contributed by atoms with Crippen LogP contribution in [0.5, 0.6) is 0 Å². The summed E-state index contributed by atoms with van der Waals surface area (Å²) in [6.07, 6.45) is 1.79. The first kappa shape index (κ1) is 11.0. The van der Waals surface area contributed by atoms with Gasteiger partial charge in [-0.1, -0.05) is 0 Å². The number of thiophene rings is 1. The Bertz CT molecular complexity index is 634. The van der Waals surface area contributed by atoms with E-state index in [0.29, 0.717) is 13.1 Å². The molecule has 2 aromatic heterocycles. The molecule has 0 aromatic carbocycles. The van der Waals surface area contributed by atoms with Gasteiger partial charge in [-0.2, -0.15) is 0 Å². The number of hydrogen-bond donors (Lipinski definition) is 0. The summed E-state index contributed by atoms with van der Waals surface area (Å²) in [5.41, 5.74) is 2.10. The number of rotatable bonds is 1. The second-order valence-electron chi connectivity index (χ2n) is 4.10. The van der Waals surface area contributed by atoms with Crippen LogP contribution in [0.25, 0.3) is 10.2 Å². The highest BCUT2D eigenvalue weighted by Crippen LogP contribution is 2.30. The molecule has 4 nitrogen and oxygen atoms in total. The Labute approximate surface area is 104 Å². The van der Waals surface area contributed by atoms with Gasteiger partial charge in [-0.15, -0.1) is 11.3 Å². The van der Waals surface area contributed by atoms with Crippen LogP contribution in [-0.2, 0) is 9.84 Å². The highest BCUT2D eigenvalue weighted by Gasteiger charge is 2.23. The monoisotopic (exact) mass is 268 g/mol. The molecule has 1 aliphatic rings. The smallest absolute Gasteiger partial charge is 0.153 e. The fourth-order valence-electron chi connectivity index (χ4n) is 2.06. The highest BCUT2D eigenvalue weighted by atomic mass is 32.2. The zero-order valence-electron chi connectivity index (χ0n) is 9.17. The van der Waals surface area contributed by atoms with Gasteiger partial charge in [-0.25, -0.2) is 8.42 Å². The van der Waals surface area contributed by atoms with Crippen molar-refractivity contribution >= 4 is 37.1 Å². The Kier molecular flexibility index (Phi) is 2.56. The molecule has 0 saturated carbocycles. The van der Waals surface area contributed by atoms with Crippen molar-refractivity contribution in [3.8, 4) is 0 Å². The summed E-state index contributed by atoms with van der Waals surface area (Å²) < 4.78 is 24.0. The summed E-state index contributed by atoms with van der Waals surface area (Å²) in [5, 5.41) is 2.02. The van der Waals surface area contributed by atoms with Crippen LogP contribution >= 0.6 is 11.3 Å². The lowest BCUT2D eigenvalue weighted by Gasteiger charge is -2.28. The van der Waals surface area contributed by atoms with Crippen molar-refractivity contribution in [2.45, 2.75) is 0 Å². The lowest BCUT2D eigenvalue weighted by atomic mass is 10.3. The minimum atomic E-state index is -2.82. The fourth-order valence-corrected chi connectivity index (χ4v) is 4.16. The van der Waals surface area contributed by atoms with Crippen LogP contribution in [-0.4, -0.2) is 38.0 Å². The van der Waals surface area contributed by atoms with Gasteiger partial charge in [0.2, 0.25) is 0 Å². The summed E-state index contributed by atoms with van der Waals surface area (Å²) in [4.78, 5) is 6.43. The Hall–Kier alpha value is -1.14. The van der Waals surface area contributed by atoms with E-state index in [9.17, 15) is 8.42 Å². The first-order chi connectivity index (χ1) is 8.16. The van der Waals surface area contributed by atoms with Crippen molar-refractivity contribution in [2.75, 3.05) is 29.5 Å². The number of nitrogens with zero attached hydrogens (tertiary/aromatic N) is 2. The van der Waals surface area contributed by atoms with Gasteiger partial charge >= 0.3 is 0 Å². The second-order valence-corrected chi connectivity index (χ2v) is 7.32. The van der Waals surface area contributed by atoms with E-state index in [4.69, 9.17) is 0 Å². The van der Waals surface area contributed by atoms with Gasteiger partial charge < -0.3 is 4.90 Å². The maximum Gasteiger partial charge on any atom is 0.153 e. The summed E-state index contributed by atoms with van der Waals surface area (Å²) >= 11 is 1.65. The largest absolute Gasteiger partial charge is 0.368 e. The average Bonchev–Trinajstić information content (AvgIpc) is 2.77. The van der Waals surface area contributed by atoms with Crippen LogP contribution in [0, 0.1) is 0 Å². The summed E-state index contributed by atoms with van der Waals surface area (Å²) in [6, 6.07) is 3.96. The molecule has 2 aromatic rings. The third-order valence-corrected chi connectivity index (χ3v) is 5.54. The van der Waals surface area contributed by atoms with E-state index in [1.54, 1.807) is 17.5 Å². The molecule has 0 atom stereocenters. The SMILES string of the molecule is O=S1(=O)CCN(c2ccnc3ccsc23)CC1. The molecule has 6 heteroatoms. The molecule has 3 heterocycles. The van der Waals surface area contributed by atoms with Gasteiger partial charge in [0, 0.05) is 19.3 Å². The average molecular weight is 268 g/mol. The van der Waals surface area contributed by atoms with E-state index in [2.05, 4.69) is 9.88 Å². The number of fused-ring (bicyclic) bond motifs is 1. The number of pyridine rings is 1. The Balaban J connectivity index is 1.97. The van der Waals surface area contributed by atoms with E-state index in [1.165, 1.54) is 0 Å². The molecule has 90 valence electrons. The summed E-state index contributed by atoms with van der Waals surface area (Å²) in [7, 11) is -2.82. The van der Waals surface area contributed by atoms with E-state index in [-0.39, 0.29) is 11.5 Å². The maximum atomic E-state index is 11.4. The molecule has 0 amide bonds. The van der Waals surface area contributed by atoms with Crippen molar-refractivity contribution in [3.05, 3.63) is 23.7 Å². The molecular weight excluding hydrogens is 256 g/mol. The summed E-state index contributed by atoms with van der Waals surface area (Å²) in [6.45, 7) is 1.17. The van der Waals surface area contributed by atoms with Crippen LogP contribution in [0.1, 0.15) is 0 Å². The van der Waals surface area contributed by atoms with Gasteiger partial charge in [0.1, 0.15) is 0 Å². The Morgan fingerprint density at radius 3 is 2.76 bits per heavy atom. The van der Waals surface area contributed by atoms with E-state index >= 15 is 0 Å². The standard InChI is InChI=1S/C11H12N2O2S2/c14-17(15)7-4-13(5-8-17)10-1-3-12-9-2-6-16-11(9)10/h1-3,6H,4-5,7-8H2. The van der Waals surface area contributed by atoms with Gasteiger partial charge in [0.05, 0.1) is 27.4 Å². The maximum absolute atomic E-state index is 11.4. The lowest BCUT2D eigenvalue weighted by Crippen LogP contribution is -2.40. The van der Waals surface area contributed by atoms with Gasteiger partial charge in [-0.3, -0.25) is 4.98 Å². The van der Waals surface area contributed by atoms with Gasteiger partial charge in [-0.05, 0) is 17.5 Å². The molecule has 0 N–H and O–H groups in total. The molecule has 17 heavy (non-hydrogen) atoms. The lowest BCUT2D eigenvalue weighted by molar-refractivity contribution is 0.587. The van der Waals surface area contributed by atoms with Crippen molar-refractivity contribution in [3.63, 3.8) is 0 Å². The first-order valence-electron chi connectivity index (χ1n) is 5.43. The van der Waals surface area contributed by atoms with Crippen LogP contribution in [0.15, 0.2) is 23.7 Å². The minimum absolute atomic E-state index is 0.252. The molecular formula is C11H12N2O2S2. The van der Waals surface area contributed by atoms with Crippen LogP contribution in [0.4, 0.5) is 5.69 Å². The number of hydrogen-bond acceptors (Lipinski definition) is 5. The highest BCUT2D eigenvalue weighted by molar-refractivity contribution is 7.91. The van der Waals surface area contributed by atoms with Gasteiger partial charge in [0.15, 0.2) is 9.84 Å². The number of sulfone groups is 1. The predicted octanol–water partition coefficient (Wildman–Crippen LogP) is 1.53. The molecule has 0 spiro atoms. The van der Waals surface area contributed by atoms with E-state index in [0.717, 1.165) is 15.9 Å². The molecule has 0 unspecified atom stereocenters. The van der Waals surface area contributed by atoms with Crippen molar-refractivity contribution in [1.82, 2.24) is 4.98 Å². The molecule has 0 bridgehead atoms. The molecule has 3 rings (SSSR count). The normalized spacial score (nSPS) is 19.6. The molecule has 0 aliphatic carbocycles. The van der Waals surface area contributed by atoms with Crippen molar-refractivity contribution in [2.24, 2.45) is 0 Å². The first-order valence-corrected chi connectivity index (χ1v) is 8.13. The van der Waals surface area contributed by atoms with Gasteiger partial charge in [0.25, 0.3) is 0 Å². The molecule has 1 aliphatic heterocycles. The number of anilines is 1.